The Morgan fingerprint density at radius 1 is 1.35 bits per heavy atom. The van der Waals surface area contributed by atoms with E-state index in [0.29, 0.717) is 12.6 Å². The molecule has 1 saturated heterocycles. The summed E-state index contributed by atoms with van der Waals surface area (Å²) in [6.45, 7) is 2.60. The Morgan fingerprint density at radius 2 is 2.05 bits per heavy atom. The van der Waals surface area contributed by atoms with Gasteiger partial charge in [-0.1, -0.05) is 19.1 Å². The zero-order valence-electron chi connectivity index (χ0n) is 12.3. The van der Waals surface area contributed by atoms with Crippen LogP contribution in [0.2, 0.25) is 0 Å². The maximum Gasteiger partial charge on any atom is 0.238 e. The minimum Gasteiger partial charge on any atom is -0.318 e. The molecule has 1 aliphatic rings. The molecule has 0 aliphatic carbocycles. The van der Waals surface area contributed by atoms with E-state index in [-0.39, 0.29) is 12.1 Å². The number of rotatable bonds is 6. The van der Waals surface area contributed by atoms with Gasteiger partial charge >= 0.3 is 0 Å². The van der Waals surface area contributed by atoms with Crippen molar-refractivity contribution in [1.82, 2.24) is 10.2 Å². The quantitative estimate of drug-likeness (QED) is 0.819. The van der Waals surface area contributed by atoms with Crippen LogP contribution in [0.4, 0.5) is 0 Å². The van der Waals surface area contributed by atoms with Crippen molar-refractivity contribution in [3.63, 3.8) is 0 Å². The van der Waals surface area contributed by atoms with Crippen LogP contribution in [-0.2, 0) is 4.79 Å². The van der Waals surface area contributed by atoms with Crippen LogP contribution in [0.1, 0.15) is 25.1 Å². The highest BCUT2D eigenvalue weighted by atomic mass is 32.2. The van der Waals surface area contributed by atoms with Crippen molar-refractivity contribution < 1.29 is 4.79 Å². The number of benzene rings is 1. The second kappa shape index (κ2) is 7.38. The molecule has 2 atom stereocenters. The number of carbonyl (C=O) groups excluding carboxylic acids is 1. The van der Waals surface area contributed by atoms with E-state index in [4.69, 9.17) is 0 Å². The number of nitrogens with one attached hydrogen (secondary N) is 1. The Balaban J connectivity index is 2.21. The number of amides is 1. The van der Waals surface area contributed by atoms with Gasteiger partial charge in [-0.25, -0.2) is 0 Å². The third-order valence-corrected chi connectivity index (χ3v) is 5.13. The molecule has 0 spiro atoms. The number of thioether (sulfide) groups is 2. The highest BCUT2D eigenvalue weighted by Crippen LogP contribution is 2.28. The largest absolute Gasteiger partial charge is 0.318 e. The average Bonchev–Trinajstić information content (AvgIpc) is 2.86. The molecule has 1 aromatic carbocycles. The first-order valence-corrected chi connectivity index (χ1v) is 9.50. The molecular formula is C15H22N2OS2. The van der Waals surface area contributed by atoms with E-state index in [2.05, 4.69) is 49.0 Å². The number of hydrogen-bond acceptors (Lipinski definition) is 4. The highest BCUT2D eigenvalue weighted by molar-refractivity contribution is 7.98. The molecule has 2 rings (SSSR count). The second-order valence-corrected chi connectivity index (χ2v) is 6.67. The molecule has 1 heterocycles. The molecule has 0 aromatic heterocycles. The van der Waals surface area contributed by atoms with E-state index < -0.39 is 0 Å². The van der Waals surface area contributed by atoms with Gasteiger partial charge in [0.25, 0.3) is 0 Å². The molecule has 1 fully saturated rings. The first-order chi connectivity index (χ1) is 9.71. The van der Waals surface area contributed by atoms with Crippen molar-refractivity contribution >= 4 is 29.4 Å². The molecule has 1 amide bonds. The first kappa shape index (κ1) is 15.7. The normalized spacial score (nSPS) is 20.4. The third kappa shape index (κ3) is 3.32. The maximum absolute atomic E-state index is 12.2. The molecule has 5 heteroatoms. The van der Waals surface area contributed by atoms with Crippen LogP contribution in [-0.4, -0.2) is 41.7 Å². The first-order valence-electron chi connectivity index (χ1n) is 6.88. The molecule has 20 heavy (non-hydrogen) atoms. The molecular weight excluding hydrogens is 288 g/mol. The zero-order chi connectivity index (χ0) is 14.5. The number of carbonyl (C=O) groups is 1. The summed E-state index contributed by atoms with van der Waals surface area (Å²) in [6, 6.07) is 8.80. The average molecular weight is 310 g/mol. The fraction of sp³-hybridized carbons (Fsp3) is 0.533. The molecule has 110 valence electrons. The summed E-state index contributed by atoms with van der Waals surface area (Å²) in [5.74, 6) is 1.20. The maximum atomic E-state index is 12.2. The monoisotopic (exact) mass is 310 g/mol. The summed E-state index contributed by atoms with van der Waals surface area (Å²) < 4.78 is 0. The second-order valence-electron chi connectivity index (χ2n) is 4.88. The van der Waals surface area contributed by atoms with Crippen LogP contribution in [0.3, 0.4) is 0 Å². The van der Waals surface area contributed by atoms with Crippen LogP contribution in [0.5, 0.6) is 0 Å². The standard InChI is InChI=1S/C15H22N2OS2/c1-4-12(10-19-2)17-14(18)9-16-15(17)11-5-7-13(20-3)8-6-11/h5-8,12,15-16H,4,9-10H2,1-3H3. The van der Waals surface area contributed by atoms with Crippen LogP contribution in [0.25, 0.3) is 0 Å². The lowest BCUT2D eigenvalue weighted by atomic mass is 10.1. The van der Waals surface area contributed by atoms with E-state index in [1.54, 1.807) is 23.5 Å². The minimum absolute atomic E-state index is 0.0236. The van der Waals surface area contributed by atoms with E-state index in [0.717, 1.165) is 12.2 Å². The summed E-state index contributed by atoms with van der Waals surface area (Å²) in [5.41, 5.74) is 1.17. The summed E-state index contributed by atoms with van der Waals surface area (Å²) in [7, 11) is 0. The van der Waals surface area contributed by atoms with Gasteiger partial charge in [0.05, 0.1) is 6.54 Å². The van der Waals surface area contributed by atoms with Crippen LogP contribution in [0.15, 0.2) is 29.2 Å². The van der Waals surface area contributed by atoms with E-state index in [9.17, 15) is 4.79 Å². The molecule has 3 nitrogen and oxygen atoms in total. The van der Waals surface area contributed by atoms with Gasteiger partial charge in [-0.3, -0.25) is 10.1 Å². The molecule has 0 saturated carbocycles. The topological polar surface area (TPSA) is 32.3 Å². The van der Waals surface area contributed by atoms with Crippen molar-refractivity contribution in [2.24, 2.45) is 0 Å². The lowest BCUT2D eigenvalue weighted by Crippen LogP contribution is -2.40. The molecule has 1 aliphatic heterocycles. The van der Waals surface area contributed by atoms with E-state index in [1.807, 2.05) is 4.90 Å². The molecule has 2 unspecified atom stereocenters. The van der Waals surface area contributed by atoms with Gasteiger partial charge in [-0.2, -0.15) is 11.8 Å². The Morgan fingerprint density at radius 3 is 2.60 bits per heavy atom. The Bertz CT molecular complexity index is 450. The summed E-state index contributed by atoms with van der Waals surface area (Å²) >= 11 is 3.54. The molecule has 0 bridgehead atoms. The van der Waals surface area contributed by atoms with Gasteiger partial charge in [-0.15, -0.1) is 11.8 Å². The van der Waals surface area contributed by atoms with E-state index >= 15 is 0 Å². The predicted octanol–water partition coefficient (Wildman–Crippen LogP) is 2.98. The minimum atomic E-state index is 0.0236. The van der Waals surface area contributed by atoms with Crippen molar-refractivity contribution in [2.45, 2.75) is 30.4 Å². The zero-order valence-corrected chi connectivity index (χ0v) is 13.9. The lowest BCUT2D eigenvalue weighted by Gasteiger charge is -2.32. The number of nitrogens with zero attached hydrogens (tertiary/aromatic N) is 1. The third-order valence-electron chi connectivity index (χ3n) is 3.67. The van der Waals surface area contributed by atoms with Crippen molar-refractivity contribution in [1.29, 1.82) is 0 Å². The van der Waals surface area contributed by atoms with Gasteiger partial charge in [0.2, 0.25) is 5.91 Å². The Hall–Kier alpha value is -0.650. The van der Waals surface area contributed by atoms with Crippen LogP contribution < -0.4 is 5.32 Å². The van der Waals surface area contributed by atoms with Gasteiger partial charge < -0.3 is 4.90 Å². The Labute approximate surface area is 129 Å². The molecule has 0 radical (unpaired) electrons. The van der Waals surface area contributed by atoms with Crippen LogP contribution >= 0.6 is 23.5 Å². The highest BCUT2D eigenvalue weighted by Gasteiger charge is 2.35. The fourth-order valence-corrected chi connectivity index (χ4v) is 3.77. The number of hydrogen-bond donors (Lipinski definition) is 1. The van der Waals surface area contributed by atoms with Gasteiger partial charge in [-0.05, 0) is 36.6 Å². The SMILES string of the molecule is CCC(CSC)N1C(=O)CNC1c1ccc(SC)cc1. The predicted molar refractivity (Wildman–Crippen MR) is 88.3 cm³/mol. The summed E-state index contributed by atoms with van der Waals surface area (Å²) in [6.07, 6.45) is 5.19. The van der Waals surface area contributed by atoms with Crippen molar-refractivity contribution in [3.05, 3.63) is 29.8 Å². The van der Waals surface area contributed by atoms with E-state index in [1.165, 1.54) is 10.5 Å². The Kier molecular flexibility index (Phi) is 5.81. The smallest absolute Gasteiger partial charge is 0.238 e. The van der Waals surface area contributed by atoms with Crippen molar-refractivity contribution in [2.75, 3.05) is 24.8 Å². The lowest BCUT2D eigenvalue weighted by molar-refractivity contribution is -0.130. The molecule has 1 aromatic rings. The van der Waals surface area contributed by atoms with Crippen molar-refractivity contribution in [3.8, 4) is 0 Å². The fourth-order valence-electron chi connectivity index (χ4n) is 2.58. The van der Waals surface area contributed by atoms with Gasteiger partial charge in [0.1, 0.15) is 6.17 Å². The van der Waals surface area contributed by atoms with Crippen LogP contribution in [0, 0.1) is 0 Å². The summed E-state index contributed by atoms with van der Waals surface area (Å²) in [4.78, 5) is 15.5. The molecule has 1 N–H and O–H groups in total. The van der Waals surface area contributed by atoms with Gasteiger partial charge in [0, 0.05) is 16.7 Å². The van der Waals surface area contributed by atoms with Gasteiger partial charge in [0.15, 0.2) is 0 Å². The summed E-state index contributed by atoms with van der Waals surface area (Å²) in [5, 5.41) is 3.34.